The van der Waals surface area contributed by atoms with E-state index in [1.54, 1.807) is 13.8 Å². The van der Waals surface area contributed by atoms with Crippen molar-refractivity contribution in [2.45, 2.75) is 46.1 Å². The van der Waals surface area contributed by atoms with Gasteiger partial charge in [0.05, 0.1) is 0 Å². The highest BCUT2D eigenvalue weighted by Gasteiger charge is 2.32. The topological polar surface area (TPSA) is 83.8 Å². The van der Waals surface area contributed by atoms with Crippen molar-refractivity contribution in [1.82, 2.24) is 0 Å². The van der Waals surface area contributed by atoms with Crippen molar-refractivity contribution < 1.29 is 23.9 Å². The minimum absolute atomic E-state index is 0.188. The normalized spacial score (nSPS) is 12.9. The van der Waals surface area contributed by atoms with E-state index in [0.717, 1.165) is 12.8 Å². The number of carbonyl (C=O) groups excluding carboxylic acids is 1. The molecule has 0 amide bonds. The van der Waals surface area contributed by atoms with Gasteiger partial charge in [0.25, 0.3) is 0 Å². The van der Waals surface area contributed by atoms with Gasteiger partial charge in [-0.15, -0.1) is 0 Å². The van der Waals surface area contributed by atoms with E-state index in [4.69, 9.17) is 14.5 Å². The number of ether oxygens (including phenoxy) is 1. The molecule has 0 aromatic rings. The van der Waals surface area contributed by atoms with Crippen molar-refractivity contribution in [1.29, 1.82) is 0 Å². The van der Waals surface area contributed by atoms with E-state index in [0.29, 0.717) is 0 Å². The van der Waals surface area contributed by atoms with Crippen LogP contribution in [-0.4, -0.2) is 27.5 Å². The van der Waals surface area contributed by atoms with E-state index >= 15 is 0 Å². The first-order chi connectivity index (χ1) is 7.12. The maximum absolute atomic E-state index is 11.3. The molecule has 0 radical (unpaired) electrons. The van der Waals surface area contributed by atoms with Gasteiger partial charge in [-0.05, 0) is 32.6 Å². The van der Waals surface area contributed by atoms with Gasteiger partial charge in [0, 0.05) is 0 Å². The molecule has 0 aromatic carbocycles. The van der Waals surface area contributed by atoms with Crippen molar-refractivity contribution in [3.05, 3.63) is 0 Å². The third-order valence-corrected chi connectivity index (χ3v) is 3.35. The summed E-state index contributed by atoms with van der Waals surface area (Å²) in [5.41, 5.74) is -0.685. The van der Waals surface area contributed by atoms with Crippen molar-refractivity contribution in [2.24, 2.45) is 5.92 Å². The largest absolute Gasteiger partial charge is 0.459 e. The monoisotopic (exact) mass is 252 g/mol. The fraction of sp³-hybridized carbons (Fsp3) is 0.900. The van der Waals surface area contributed by atoms with E-state index in [1.165, 1.54) is 0 Å². The standard InChI is InChI=1S/C10H21O5P/c1-5-8(6-2)10(3,4)15-9(11)7-16(12,13)14/h8H,5-7H2,1-4H3,(H2,12,13,14). The molecular formula is C10H21O5P. The first kappa shape index (κ1) is 15.6. The molecule has 16 heavy (non-hydrogen) atoms. The number of hydrogen-bond acceptors (Lipinski definition) is 3. The summed E-state index contributed by atoms with van der Waals surface area (Å²) >= 11 is 0. The fourth-order valence-corrected chi connectivity index (χ4v) is 2.25. The van der Waals surface area contributed by atoms with Crippen LogP contribution >= 0.6 is 7.60 Å². The maximum atomic E-state index is 11.3. The average Bonchev–Trinajstić information content (AvgIpc) is 1.99. The van der Waals surface area contributed by atoms with Gasteiger partial charge in [-0.25, -0.2) is 0 Å². The quantitative estimate of drug-likeness (QED) is 0.557. The number of hydrogen-bond donors (Lipinski definition) is 2. The summed E-state index contributed by atoms with van der Waals surface area (Å²) in [4.78, 5) is 28.6. The number of carbonyl (C=O) groups is 1. The highest BCUT2D eigenvalue weighted by molar-refractivity contribution is 7.52. The Morgan fingerprint density at radius 3 is 2.06 bits per heavy atom. The second kappa shape index (κ2) is 5.80. The molecule has 0 unspecified atom stereocenters. The lowest BCUT2D eigenvalue weighted by atomic mass is 9.86. The Morgan fingerprint density at radius 1 is 1.31 bits per heavy atom. The van der Waals surface area contributed by atoms with Gasteiger partial charge in [-0.2, -0.15) is 0 Å². The van der Waals surface area contributed by atoms with Gasteiger partial charge in [-0.3, -0.25) is 9.36 Å². The van der Waals surface area contributed by atoms with E-state index < -0.39 is 25.3 Å². The molecule has 5 nitrogen and oxygen atoms in total. The molecule has 0 spiro atoms. The van der Waals surface area contributed by atoms with Crippen molar-refractivity contribution in [3.63, 3.8) is 0 Å². The lowest BCUT2D eigenvalue weighted by Gasteiger charge is -2.32. The summed E-state index contributed by atoms with van der Waals surface area (Å²) < 4.78 is 15.8. The zero-order valence-corrected chi connectivity index (χ0v) is 11.2. The molecule has 6 heteroatoms. The minimum atomic E-state index is -4.33. The third kappa shape index (κ3) is 5.64. The van der Waals surface area contributed by atoms with Crippen LogP contribution in [0.25, 0.3) is 0 Å². The molecule has 0 atom stereocenters. The van der Waals surface area contributed by atoms with Crippen LogP contribution in [0.2, 0.25) is 0 Å². The molecule has 0 heterocycles. The molecule has 0 fully saturated rings. The predicted octanol–water partition coefficient (Wildman–Crippen LogP) is 1.92. The van der Waals surface area contributed by atoms with Gasteiger partial charge in [-0.1, -0.05) is 13.8 Å². The third-order valence-electron chi connectivity index (χ3n) is 2.68. The number of rotatable bonds is 6. The van der Waals surface area contributed by atoms with E-state index in [2.05, 4.69) is 0 Å². The Hall–Kier alpha value is -0.380. The smallest absolute Gasteiger partial charge is 0.336 e. The summed E-state index contributed by atoms with van der Waals surface area (Å²) in [6.45, 7) is 7.52. The molecule has 0 aliphatic rings. The molecule has 0 aliphatic heterocycles. The Labute approximate surface area is 96.4 Å². The van der Waals surface area contributed by atoms with Gasteiger partial charge in [0.15, 0.2) is 0 Å². The van der Waals surface area contributed by atoms with Gasteiger partial charge in [0.2, 0.25) is 0 Å². The molecule has 2 N–H and O–H groups in total. The summed E-state index contributed by atoms with van der Waals surface area (Å²) in [7, 11) is -4.33. The summed E-state index contributed by atoms with van der Waals surface area (Å²) in [5, 5.41) is 0. The van der Waals surface area contributed by atoms with Crippen LogP contribution in [0, 0.1) is 5.92 Å². The average molecular weight is 252 g/mol. The Morgan fingerprint density at radius 2 is 1.75 bits per heavy atom. The van der Waals surface area contributed by atoms with Crippen LogP contribution in [0.3, 0.4) is 0 Å². The van der Waals surface area contributed by atoms with Crippen LogP contribution in [0.4, 0.5) is 0 Å². The van der Waals surface area contributed by atoms with Crippen molar-refractivity contribution in [3.8, 4) is 0 Å². The van der Waals surface area contributed by atoms with Crippen LogP contribution in [0.1, 0.15) is 40.5 Å². The van der Waals surface area contributed by atoms with Crippen LogP contribution in [0.15, 0.2) is 0 Å². The van der Waals surface area contributed by atoms with E-state index in [9.17, 15) is 9.36 Å². The zero-order valence-electron chi connectivity index (χ0n) is 10.3. The van der Waals surface area contributed by atoms with Crippen LogP contribution < -0.4 is 0 Å². The summed E-state index contributed by atoms with van der Waals surface area (Å²) in [6.07, 6.45) is 0.857. The predicted molar refractivity (Wildman–Crippen MR) is 61.2 cm³/mol. The van der Waals surface area contributed by atoms with Crippen LogP contribution in [0.5, 0.6) is 0 Å². The molecule has 0 aliphatic carbocycles. The highest BCUT2D eigenvalue weighted by atomic mass is 31.2. The van der Waals surface area contributed by atoms with Gasteiger partial charge >= 0.3 is 13.6 Å². The second-order valence-electron chi connectivity index (χ2n) is 4.41. The van der Waals surface area contributed by atoms with E-state index in [-0.39, 0.29) is 5.92 Å². The Balaban J connectivity index is 4.47. The second-order valence-corrected chi connectivity index (χ2v) is 6.06. The number of esters is 1. The Kier molecular flexibility index (Phi) is 5.66. The molecule has 0 bridgehead atoms. The Bertz CT molecular complexity index is 277. The minimum Gasteiger partial charge on any atom is -0.459 e. The van der Waals surface area contributed by atoms with Crippen molar-refractivity contribution in [2.75, 3.05) is 6.16 Å². The first-order valence-corrected chi connectivity index (χ1v) is 7.18. The first-order valence-electron chi connectivity index (χ1n) is 5.38. The van der Waals surface area contributed by atoms with E-state index in [1.807, 2.05) is 13.8 Å². The highest BCUT2D eigenvalue weighted by Crippen LogP contribution is 2.35. The summed E-state index contributed by atoms with van der Waals surface area (Å²) in [6, 6.07) is 0. The molecule has 0 aromatic heterocycles. The fourth-order valence-electron chi connectivity index (χ4n) is 1.85. The molecular weight excluding hydrogens is 231 g/mol. The van der Waals surface area contributed by atoms with Gasteiger partial charge in [0.1, 0.15) is 11.8 Å². The zero-order chi connectivity index (χ0) is 13.0. The SMILES string of the molecule is CCC(CC)C(C)(C)OC(=O)CP(=O)(O)O. The summed E-state index contributed by atoms with van der Waals surface area (Å²) in [5.74, 6) is -0.654. The maximum Gasteiger partial charge on any atom is 0.336 e. The lowest BCUT2D eigenvalue weighted by Crippen LogP contribution is -2.37. The lowest BCUT2D eigenvalue weighted by molar-refractivity contribution is -0.158. The van der Waals surface area contributed by atoms with Crippen molar-refractivity contribution >= 4 is 13.6 Å². The van der Waals surface area contributed by atoms with Crippen LogP contribution in [-0.2, 0) is 14.1 Å². The van der Waals surface area contributed by atoms with Gasteiger partial charge < -0.3 is 14.5 Å². The molecule has 0 saturated carbocycles. The molecule has 0 saturated heterocycles. The molecule has 0 rings (SSSR count). The molecule has 96 valence electrons.